The van der Waals surface area contributed by atoms with Crippen LogP contribution in [0.2, 0.25) is 0 Å². The van der Waals surface area contributed by atoms with E-state index in [0.717, 1.165) is 29.8 Å². The van der Waals surface area contributed by atoms with Crippen LogP contribution in [0.15, 0.2) is 0 Å². The number of fused-ring (bicyclic) bond motifs is 4. The molecule has 0 amide bonds. The lowest BCUT2D eigenvalue weighted by Gasteiger charge is -2.54. The molecule has 0 N–H and O–H groups in total. The van der Waals surface area contributed by atoms with Crippen LogP contribution in [0.25, 0.3) is 0 Å². The minimum absolute atomic E-state index is 0.291. The molecule has 1 nitrogen and oxygen atoms in total. The maximum atomic E-state index is 3.07. The van der Waals surface area contributed by atoms with Gasteiger partial charge in [0.15, 0.2) is 0 Å². The normalized spacial score (nSPS) is 48.6. The Bertz CT molecular complexity index is 525. The molecule has 0 saturated heterocycles. The Morgan fingerprint density at radius 2 is 1.50 bits per heavy atom. The Morgan fingerprint density at radius 3 is 1.88 bits per heavy atom. The van der Waals surface area contributed by atoms with Crippen LogP contribution in [0.3, 0.4) is 0 Å². The molecule has 6 unspecified atom stereocenters. The van der Waals surface area contributed by atoms with Crippen molar-refractivity contribution >= 4 is 0 Å². The largest absolute Gasteiger partial charge is 0.292 e. The standard InChI is InChI=1S/C23H41N/c1-20(2,3)24(18-13-15-9-10-17(18)21(15,4)5)19-14-16-11-12-23(19,8)22(16,6)7/h15-19H,9-14H2,1-8H3. The first-order chi connectivity index (χ1) is 10.9. The zero-order valence-corrected chi connectivity index (χ0v) is 17.6. The summed E-state index contributed by atoms with van der Waals surface area (Å²) in [7, 11) is 0. The van der Waals surface area contributed by atoms with Gasteiger partial charge < -0.3 is 0 Å². The molecule has 0 aromatic heterocycles. The van der Waals surface area contributed by atoms with Crippen molar-refractivity contribution in [2.45, 2.75) is 112 Å². The van der Waals surface area contributed by atoms with E-state index >= 15 is 0 Å². The Labute approximate surface area is 151 Å². The van der Waals surface area contributed by atoms with E-state index in [1.54, 1.807) is 0 Å². The van der Waals surface area contributed by atoms with Crippen molar-refractivity contribution in [3.05, 3.63) is 0 Å². The highest BCUT2D eigenvalue weighted by Crippen LogP contribution is 2.69. The summed E-state index contributed by atoms with van der Waals surface area (Å²) >= 11 is 0. The quantitative estimate of drug-likeness (QED) is 0.588. The third kappa shape index (κ3) is 1.97. The van der Waals surface area contributed by atoms with Crippen LogP contribution in [-0.2, 0) is 0 Å². The van der Waals surface area contributed by atoms with Crippen LogP contribution >= 0.6 is 0 Å². The summed E-state index contributed by atoms with van der Waals surface area (Å²) in [6.45, 7) is 20.4. The summed E-state index contributed by atoms with van der Waals surface area (Å²) in [5, 5.41) is 0. The first-order valence-electron chi connectivity index (χ1n) is 10.7. The summed E-state index contributed by atoms with van der Waals surface area (Å²) in [4.78, 5) is 3.07. The topological polar surface area (TPSA) is 3.24 Å². The van der Waals surface area contributed by atoms with E-state index < -0.39 is 0 Å². The van der Waals surface area contributed by atoms with Crippen molar-refractivity contribution in [3.63, 3.8) is 0 Å². The van der Waals surface area contributed by atoms with Gasteiger partial charge in [-0.3, -0.25) is 4.90 Å². The predicted molar refractivity (Wildman–Crippen MR) is 103 cm³/mol. The molecule has 6 atom stereocenters. The van der Waals surface area contributed by atoms with Gasteiger partial charge in [0.1, 0.15) is 0 Å². The zero-order valence-electron chi connectivity index (χ0n) is 17.6. The van der Waals surface area contributed by atoms with Gasteiger partial charge in [0.05, 0.1) is 0 Å². The molecule has 4 fully saturated rings. The van der Waals surface area contributed by atoms with E-state index in [1.165, 1.54) is 38.5 Å². The smallest absolute Gasteiger partial charge is 0.0165 e. The van der Waals surface area contributed by atoms with Crippen molar-refractivity contribution in [1.82, 2.24) is 4.90 Å². The van der Waals surface area contributed by atoms with Gasteiger partial charge in [-0.25, -0.2) is 0 Å². The first-order valence-corrected chi connectivity index (χ1v) is 10.7. The van der Waals surface area contributed by atoms with Crippen LogP contribution < -0.4 is 0 Å². The van der Waals surface area contributed by atoms with Crippen LogP contribution in [0.5, 0.6) is 0 Å². The fraction of sp³-hybridized carbons (Fsp3) is 1.00. The van der Waals surface area contributed by atoms with E-state index in [4.69, 9.17) is 0 Å². The van der Waals surface area contributed by atoms with Gasteiger partial charge in [-0.1, -0.05) is 34.6 Å². The minimum atomic E-state index is 0.291. The van der Waals surface area contributed by atoms with Gasteiger partial charge in [-0.15, -0.1) is 0 Å². The molecule has 4 saturated carbocycles. The lowest BCUT2D eigenvalue weighted by molar-refractivity contribution is -0.0567. The maximum Gasteiger partial charge on any atom is 0.0165 e. The molecule has 0 aromatic rings. The van der Waals surface area contributed by atoms with E-state index in [9.17, 15) is 0 Å². The Morgan fingerprint density at radius 1 is 0.833 bits per heavy atom. The molecular formula is C23H41N. The number of nitrogens with zero attached hydrogens (tertiary/aromatic N) is 1. The van der Waals surface area contributed by atoms with Crippen LogP contribution in [0.4, 0.5) is 0 Å². The summed E-state index contributed by atoms with van der Waals surface area (Å²) in [5.74, 6) is 2.84. The van der Waals surface area contributed by atoms with E-state index in [2.05, 4.69) is 60.3 Å². The van der Waals surface area contributed by atoms with Crippen molar-refractivity contribution in [2.75, 3.05) is 0 Å². The zero-order chi connectivity index (χ0) is 17.7. The predicted octanol–water partition coefficient (Wildman–Crippen LogP) is 6.13. The lowest BCUT2D eigenvalue weighted by Crippen LogP contribution is -2.60. The van der Waals surface area contributed by atoms with Crippen molar-refractivity contribution in [1.29, 1.82) is 0 Å². The second kappa shape index (κ2) is 4.81. The number of hydrogen-bond donors (Lipinski definition) is 0. The molecule has 24 heavy (non-hydrogen) atoms. The maximum absolute atomic E-state index is 3.07. The second-order valence-electron chi connectivity index (χ2n) is 12.2. The van der Waals surface area contributed by atoms with E-state index in [-0.39, 0.29) is 0 Å². The van der Waals surface area contributed by atoms with Gasteiger partial charge in [0.25, 0.3) is 0 Å². The molecule has 4 aliphatic carbocycles. The van der Waals surface area contributed by atoms with Crippen LogP contribution in [0, 0.1) is 34.0 Å². The molecule has 138 valence electrons. The minimum Gasteiger partial charge on any atom is -0.292 e. The molecule has 1 heteroatoms. The Kier molecular flexibility index (Phi) is 3.49. The van der Waals surface area contributed by atoms with Crippen molar-refractivity contribution in [3.8, 4) is 0 Å². The second-order valence-corrected chi connectivity index (χ2v) is 12.2. The first kappa shape index (κ1) is 17.4. The third-order valence-electron chi connectivity index (χ3n) is 10.0. The average molecular weight is 332 g/mol. The summed E-state index contributed by atoms with van der Waals surface area (Å²) in [6.07, 6.45) is 8.81. The highest BCUT2D eigenvalue weighted by molar-refractivity contribution is 5.17. The fourth-order valence-electron chi connectivity index (χ4n) is 8.08. The molecule has 0 aliphatic heterocycles. The van der Waals surface area contributed by atoms with Crippen LogP contribution in [0.1, 0.15) is 93.9 Å². The monoisotopic (exact) mass is 331 g/mol. The molecule has 0 radical (unpaired) electrons. The number of hydrogen-bond acceptors (Lipinski definition) is 1. The third-order valence-corrected chi connectivity index (χ3v) is 10.0. The molecule has 4 bridgehead atoms. The van der Waals surface area contributed by atoms with Crippen molar-refractivity contribution in [2.24, 2.45) is 34.0 Å². The fourth-order valence-corrected chi connectivity index (χ4v) is 8.08. The van der Waals surface area contributed by atoms with Crippen molar-refractivity contribution < 1.29 is 0 Å². The van der Waals surface area contributed by atoms with E-state index in [0.29, 0.717) is 21.8 Å². The molecule has 4 aliphatic rings. The molecule has 0 aromatic carbocycles. The summed E-state index contributed by atoms with van der Waals surface area (Å²) in [6, 6.07) is 1.63. The summed E-state index contributed by atoms with van der Waals surface area (Å²) in [5.41, 5.74) is 1.90. The molecule has 4 rings (SSSR count). The van der Waals surface area contributed by atoms with Gasteiger partial charge in [0, 0.05) is 17.6 Å². The SMILES string of the molecule is CC1(C)C2CCC1C(N(C1CC3CCC1(C)C3(C)C)C(C)(C)C)C2. The molecule has 0 spiro atoms. The number of rotatable bonds is 2. The van der Waals surface area contributed by atoms with E-state index in [1.807, 2.05) is 0 Å². The van der Waals surface area contributed by atoms with Gasteiger partial charge >= 0.3 is 0 Å². The molecule has 0 heterocycles. The van der Waals surface area contributed by atoms with Gasteiger partial charge in [-0.2, -0.15) is 0 Å². The Hall–Kier alpha value is -0.0400. The highest BCUT2D eigenvalue weighted by atomic mass is 15.3. The van der Waals surface area contributed by atoms with Crippen LogP contribution in [-0.4, -0.2) is 22.5 Å². The highest BCUT2D eigenvalue weighted by Gasteiger charge is 2.66. The van der Waals surface area contributed by atoms with Gasteiger partial charge in [-0.05, 0) is 93.3 Å². The Balaban J connectivity index is 1.71. The summed E-state index contributed by atoms with van der Waals surface area (Å²) < 4.78 is 0. The van der Waals surface area contributed by atoms with Gasteiger partial charge in [0.2, 0.25) is 0 Å². The average Bonchev–Trinajstić information content (AvgIpc) is 3.01. The lowest BCUT2D eigenvalue weighted by atomic mass is 9.67. The molecular weight excluding hydrogens is 290 g/mol.